The fourth-order valence-corrected chi connectivity index (χ4v) is 1.85. The van der Waals surface area contributed by atoms with E-state index in [1.54, 1.807) is 30.3 Å². The molecule has 1 aliphatic carbocycles. The molecule has 0 atom stereocenters. The van der Waals surface area contributed by atoms with E-state index < -0.39 is 0 Å². The number of hydrogen-bond donors (Lipinski definition) is 1. The molecule has 0 unspecified atom stereocenters. The van der Waals surface area contributed by atoms with Crippen LogP contribution in [0.3, 0.4) is 0 Å². The van der Waals surface area contributed by atoms with Crippen molar-refractivity contribution >= 4 is 10.9 Å². The number of phenols is 1. The Kier molecular flexibility index (Phi) is 2.05. The van der Waals surface area contributed by atoms with Crippen molar-refractivity contribution in [3.63, 3.8) is 0 Å². The van der Waals surface area contributed by atoms with Crippen LogP contribution in [0.5, 0.6) is 5.75 Å². The molecule has 3 rings (SSSR count). The second kappa shape index (κ2) is 3.56. The minimum atomic E-state index is -0.0302. The highest BCUT2D eigenvalue weighted by atomic mass is 16.3. The molecule has 1 aromatic rings. The van der Waals surface area contributed by atoms with E-state index in [1.807, 2.05) is 12.1 Å². The van der Waals surface area contributed by atoms with E-state index in [0.717, 1.165) is 22.2 Å². The molecular weight excluding hydrogens is 214 g/mol. The van der Waals surface area contributed by atoms with E-state index in [2.05, 4.69) is 4.98 Å². The monoisotopic (exact) mass is 223 g/mol. The quantitative estimate of drug-likeness (QED) is 0.636. The average molecular weight is 223 g/mol. The Bertz CT molecular complexity index is 737. The molecule has 1 aromatic carbocycles. The molecule has 0 bridgehead atoms. The molecule has 82 valence electrons. The van der Waals surface area contributed by atoms with Crippen molar-refractivity contribution < 1.29 is 5.11 Å². The van der Waals surface area contributed by atoms with Gasteiger partial charge in [-0.05, 0) is 36.4 Å². The first-order valence-corrected chi connectivity index (χ1v) is 5.26. The van der Waals surface area contributed by atoms with Crippen LogP contribution in [0.2, 0.25) is 0 Å². The maximum Gasteiger partial charge on any atom is 0.179 e. The van der Waals surface area contributed by atoms with Crippen molar-refractivity contribution in [2.45, 2.75) is 0 Å². The van der Waals surface area contributed by atoms with E-state index in [4.69, 9.17) is 0 Å². The van der Waals surface area contributed by atoms with Gasteiger partial charge >= 0.3 is 0 Å². The van der Waals surface area contributed by atoms with Crippen LogP contribution >= 0.6 is 0 Å². The van der Waals surface area contributed by atoms with Crippen LogP contribution in [0.15, 0.2) is 53.3 Å². The minimum Gasteiger partial charge on any atom is -0.508 e. The van der Waals surface area contributed by atoms with Crippen molar-refractivity contribution in [2.24, 2.45) is 0 Å². The lowest BCUT2D eigenvalue weighted by Crippen LogP contribution is -1.96. The normalized spacial score (nSPS) is 10.8. The lowest BCUT2D eigenvalue weighted by molar-refractivity contribution is 0.476. The highest BCUT2D eigenvalue weighted by Crippen LogP contribution is 2.22. The Balaban J connectivity index is 2.45. The second-order valence-corrected chi connectivity index (χ2v) is 3.91. The number of aromatic hydroxyl groups is 1. The fourth-order valence-electron chi connectivity index (χ4n) is 1.85. The number of hydrogen-bond acceptors (Lipinski definition) is 3. The molecule has 0 saturated carbocycles. The van der Waals surface area contributed by atoms with E-state index >= 15 is 0 Å². The molecule has 0 spiro atoms. The first-order chi connectivity index (χ1) is 8.22. The number of benzene rings is 2. The zero-order chi connectivity index (χ0) is 11.8. The zero-order valence-electron chi connectivity index (χ0n) is 8.92. The molecule has 0 radical (unpaired) electrons. The standard InChI is InChI=1S/C14H9NO2/c16-11-3-5-13-9(7-11)1-2-10-8-12(17)4-6-14(10)15-13/h1-8,16H. The van der Waals surface area contributed by atoms with Gasteiger partial charge in [0.1, 0.15) is 5.75 Å². The van der Waals surface area contributed by atoms with Gasteiger partial charge in [0, 0.05) is 10.9 Å². The van der Waals surface area contributed by atoms with E-state index in [1.165, 1.54) is 6.07 Å². The van der Waals surface area contributed by atoms with Crippen molar-refractivity contribution in [1.82, 2.24) is 4.98 Å². The topological polar surface area (TPSA) is 50.2 Å². The van der Waals surface area contributed by atoms with Crippen molar-refractivity contribution in [2.75, 3.05) is 0 Å². The molecule has 0 aromatic heterocycles. The SMILES string of the molecule is O=c1ccc2nc3ccc(O)cc3ccc-2c1. The van der Waals surface area contributed by atoms with Crippen molar-refractivity contribution in [3.8, 4) is 17.0 Å². The summed E-state index contributed by atoms with van der Waals surface area (Å²) in [5.41, 5.74) is 2.33. The largest absolute Gasteiger partial charge is 0.508 e. The number of aromatic nitrogens is 1. The molecule has 0 fully saturated rings. The van der Waals surface area contributed by atoms with Crippen molar-refractivity contribution in [3.05, 3.63) is 58.8 Å². The molecule has 0 saturated heterocycles. The van der Waals surface area contributed by atoms with Gasteiger partial charge in [-0.25, -0.2) is 4.98 Å². The third-order valence-electron chi connectivity index (χ3n) is 2.69. The average Bonchev–Trinajstić information content (AvgIpc) is 2.48. The molecule has 1 heterocycles. The molecule has 2 aliphatic rings. The summed E-state index contributed by atoms with van der Waals surface area (Å²) < 4.78 is 0. The molecule has 1 aliphatic heterocycles. The molecule has 3 heteroatoms. The highest BCUT2D eigenvalue weighted by Gasteiger charge is 2.03. The van der Waals surface area contributed by atoms with Crippen LogP contribution in [0.1, 0.15) is 0 Å². The van der Waals surface area contributed by atoms with E-state index in [-0.39, 0.29) is 11.2 Å². The maximum absolute atomic E-state index is 11.3. The van der Waals surface area contributed by atoms with Gasteiger partial charge in [0.2, 0.25) is 0 Å². The summed E-state index contributed by atoms with van der Waals surface area (Å²) in [5.74, 6) is 0.207. The van der Waals surface area contributed by atoms with Gasteiger partial charge in [-0.1, -0.05) is 12.1 Å². The summed E-state index contributed by atoms with van der Waals surface area (Å²) in [7, 11) is 0. The van der Waals surface area contributed by atoms with E-state index in [0.29, 0.717) is 0 Å². The summed E-state index contributed by atoms with van der Waals surface area (Å²) in [6.07, 6.45) is 0. The highest BCUT2D eigenvalue weighted by molar-refractivity contribution is 5.82. The third kappa shape index (κ3) is 1.72. The summed E-state index contributed by atoms with van der Waals surface area (Å²) in [4.78, 5) is 15.7. The second-order valence-electron chi connectivity index (χ2n) is 3.91. The van der Waals surface area contributed by atoms with Gasteiger partial charge in [-0.2, -0.15) is 0 Å². The number of rotatable bonds is 0. The van der Waals surface area contributed by atoms with Crippen LogP contribution in [0, 0.1) is 0 Å². The number of nitrogens with zero attached hydrogens (tertiary/aromatic N) is 1. The van der Waals surface area contributed by atoms with Gasteiger partial charge in [-0.15, -0.1) is 0 Å². The lowest BCUT2D eigenvalue weighted by atomic mass is 10.1. The minimum absolute atomic E-state index is 0.0302. The Morgan fingerprint density at radius 3 is 2.71 bits per heavy atom. The first kappa shape index (κ1) is 9.78. The molecule has 17 heavy (non-hydrogen) atoms. The summed E-state index contributed by atoms with van der Waals surface area (Å²) in [5, 5.41) is 10.3. The van der Waals surface area contributed by atoms with Gasteiger partial charge in [0.05, 0.1) is 11.2 Å². The molecule has 1 N–H and O–H groups in total. The lowest BCUT2D eigenvalue weighted by Gasteiger charge is -1.96. The Morgan fingerprint density at radius 2 is 1.82 bits per heavy atom. The van der Waals surface area contributed by atoms with Crippen LogP contribution in [0.4, 0.5) is 0 Å². The fraction of sp³-hybridized carbons (Fsp3) is 0. The van der Waals surface area contributed by atoms with Crippen LogP contribution in [0.25, 0.3) is 22.2 Å². The Labute approximate surface area is 97.3 Å². The summed E-state index contributed by atoms with van der Waals surface area (Å²) in [6.45, 7) is 0. The summed E-state index contributed by atoms with van der Waals surface area (Å²) in [6, 6.07) is 13.5. The van der Waals surface area contributed by atoms with Crippen molar-refractivity contribution in [1.29, 1.82) is 0 Å². The van der Waals surface area contributed by atoms with Gasteiger partial charge in [-0.3, -0.25) is 4.79 Å². The van der Waals surface area contributed by atoms with Crippen LogP contribution in [-0.2, 0) is 0 Å². The molecular formula is C14H9NO2. The van der Waals surface area contributed by atoms with Crippen LogP contribution < -0.4 is 5.43 Å². The predicted octanol–water partition coefficient (Wildman–Crippen LogP) is 2.41. The predicted molar refractivity (Wildman–Crippen MR) is 66.3 cm³/mol. The first-order valence-electron chi connectivity index (χ1n) is 5.26. The molecule has 3 nitrogen and oxygen atoms in total. The third-order valence-corrected chi connectivity index (χ3v) is 2.69. The van der Waals surface area contributed by atoms with Gasteiger partial charge < -0.3 is 5.11 Å². The maximum atomic E-state index is 11.3. The smallest absolute Gasteiger partial charge is 0.179 e. The molecule has 0 amide bonds. The van der Waals surface area contributed by atoms with E-state index in [9.17, 15) is 9.90 Å². The van der Waals surface area contributed by atoms with Crippen LogP contribution in [-0.4, -0.2) is 10.1 Å². The zero-order valence-corrected chi connectivity index (χ0v) is 8.92. The Morgan fingerprint density at radius 1 is 0.941 bits per heavy atom. The summed E-state index contributed by atoms with van der Waals surface area (Å²) >= 11 is 0. The number of fused-ring (bicyclic) bond motifs is 2. The Hall–Kier alpha value is -2.42. The van der Waals surface area contributed by atoms with Gasteiger partial charge in [0.15, 0.2) is 5.43 Å². The van der Waals surface area contributed by atoms with Gasteiger partial charge in [0.25, 0.3) is 0 Å². The number of phenolic OH excluding ortho intramolecular Hbond substituents is 1.